The quantitative estimate of drug-likeness (QED) is 0.601. The molecule has 4 amide bonds. The third-order valence-electron chi connectivity index (χ3n) is 3.47. The first-order valence-corrected chi connectivity index (χ1v) is 8.32. The molecule has 4 N–H and O–H groups in total. The fourth-order valence-corrected chi connectivity index (χ4v) is 2.20. The molecular formula is C19H22N4O4. The van der Waals surface area contributed by atoms with Gasteiger partial charge in [0.2, 0.25) is 11.8 Å². The van der Waals surface area contributed by atoms with Crippen molar-refractivity contribution in [2.24, 2.45) is 0 Å². The number of methoxy groups -OCH3 is 1. The summed E-state index contributed by atoms with van der Waals surface area (Å²) in [6, 6.07) is 13.3. The molecule has 0 radical (unpaired) electrons. The Morgan fingerprint density at radius 1 is 0.815 bits per heavy atom. The number of anilines is 3. The summed E-state index contributed by atoms with van der Waals surface area (Å²) >= 11 is 0. The van der Waals surface area contributed by atoms with Gasteiger partial charge in [-0.1, -0.05) is 0 Å². The predicted molar refractivity (Wildman–Crippen MR) is 104 cm³/mol. The lowest BCUT2D eigenvalue weighted by molar-refractivity contribution is -0.116. The molecule has 0 saturated heterocycles. The Bertz CT molecular complexity index is 788. The second-order valence-corrected chi connectivity index (χ2v) is 5.67. The lowest BCUT2D eigenvalue weighted by Crippen LogP contribution is -2.31. The van der Waals surface area contributed by atoms with E-state index in [0.717, 1.165) is 0 Å². The largest absolute Gasteiger partial charge is 0.497 e. The van der Waals surface area contributed by atoms with E-state index in [9.17, 15) is 14.4 Å². The first-order chi connectivity index (χ1) is 13.0. The molecule has 2 aromatic rings. The Balaban J connectivity index is 1.70. The average Bonchev–Trinajstić information content (AvgIpc) is 2.63. The second-order valence-electron chi connectivity index (χ2n) is 5.67. The van der Waals surface area contributed by atoms with Crippen LogP contribution >= 0.6 is 0 Å². The molecule has 8 heteroatoms. The van der Waals surface area contributed by atoms with Crippen molar-refractivity contribution >= 4 is 34.9 Å². The fraction of sp³-hybridized carbons (Fsp3) is 0.211. The summed E-state index contributed by atoms with van der Waals surface area (Å²) in [6.45, 7) is 1.62. The van der Waals surface area contributed by atoms with Gasteiger partial charge in [0.25, 0.3) is 0 Å². The van der Waals surface area contributed by atoms with E-state index in [1.807, 2.05) is 0 Å². The van der Waals surface area contributed by atoms with Gasteiger partial charge < -0.3 is 26.0 Å². The van der Waals surface area contributed by atoms with Crippen molar-refractivity contribution in [2.45, 2.75) is 13.3 Å². The molecule has 0 atom stereocenters. The average molecular weight is 370 g/mol. The highest BCUT2D eigenvalue weighted by Gasteiger charge is 2.06. The minimum absolute atomic E-state index is 0.128. The number of rotatable bonds is 7. The van der Waals surface area contributed by atoms with Gasteiger partial charge in [-0.3, -0.25) is 9.59 Å². The van der Waals surface area contributed by atoms with E-state index >= 15 is 0 Å². The number of carbonyl (C=O) groups is 3. The van der Waals surface area contributed by atoms with Crippen LogP contribution in [0, 0.1) is 0 Å². The van der Waals surface area contributed by atoms with Crippen molar-refractivity contribution in [3.05, 3.63) is 48.5 Å². The molecule has 0 spiro atoms. The third kappa shape index (κ3) is 7.07. The van der Waals surface area contributed by atoms with Crippen LogP contribution in [0.1, 0.15) is 13.3 Å². The van der Waals surface area contributed by atoms with Crippen molar-refractivity contribution in [3.8, 4) is 5.75 Å². The van der Waals surface area contributed by atoms with Crippen LogP contribution in [0.5, 0.6) is 5.75 Å². The van der Waals surface area contributed by atoms with Crippen molar-refractivity contribution in [1.29, 1.82) is 0 Å². The van der Waals surface area contributed by atoms with Crippen molar-refractivity contribution in [2.75, 3.05) is 29.6 Å². The number of carbonyl (C=O) groups excluding carboxylic acids is 3. The van der Waals surface area contributed by atoms with Crippen molar-refractivity contribution in [1.82, 2.24) is 5.32 Å². The lowest BCUT2D eigenvalue weighted by Gasteiger charge is -2.09. The van der Waals surface area contributed by atoms with E-state index in [0.29, 0.717) is 22.8 Å². The predicted octanol–water partition coefficient (Wildman–Crippen LogP) is 2.80. The lowest BCUT2D eigenvalue weighted by atomic mass is 10.2. The Labute approximate surface area is 157 Å². The number of benzene rings is 2. The summed E-state index contributed by atoms with van der Waals surface area (Å²) in [6.07, 6.45) is 0.128. The molecule has 0 aliphatic rings. The van der Waals surface area contributed by atoms with Crippen LogP contribution in [0.4, 0.5) is 21.9 Å². The summed E-state index contributed by atoms with van der Waals surface area (Å²) in [5.41, 5.74) is 1.88. The molecule has 0 fully saturated rings. The molecule has 0 aromatic heterocycles. The number of ether oxygens (including phenoxy) is 1. The summed E-state index contributed by atoms with van der Waals surface area (Å²) < 4.78 is 5.05. The minimum atomic E-state index is -0.396. The maximum Gasteiger partial charge on any atom is 0.319 e. The standard InChI is InChI=1S/C19H22N4O4/c1-13(24)21-14-3-5-15(6-4-14)22-18(25)11-12-20-19(26)23-16-7-9-17(27-2)10-8-16/h3-10H,11-12H2,1-2H3,(H,21,24)(H,22,25)(H2,20,23,26). The van der Waals surface area contributed by atoms with Crippen LogP contribution in [0.2, 0.25) is 0 Å². The van der Waals surface area contributed by atoms with Crippen LogP contribution in [0.25, 0.3) is 0 Å². The molecule has 0 saturated carbocycles. The van der Waals surface area contributed by atoms with Gasteiger partial charge in [-0.15, -0.1) is 0 Å². The molecule has 0 bridgehead atoms. The summed E-state index contributed by atoms with van der Waals surface area (Å²) in [5.74, 6) is 0.306. The first-order valence-electron chi connectivity index (χ1n) is 8.32. The van der Waals surface area contributed by atoms with E-state index < -0.39 is 6.03 Å². The Kier molecular flexibility index (Phi) is 7.18. The van der Waals surface area contributed by atoms with E-state index in [1.165, 1.54) is 6.92 Å². The van der Waals surface area contributed by atoms with Crippen LogP contribution in [-0.2, 0) is 9.59 Å². The monoisotopic (exact) mass is 370 g/mol. The van der Waals surface area contributed by atoms with Gasteiger partial charge in [-0.2, -0.15) is 0 Å². The zero-order valence-electron chi connectivity index (χ0n) is 15.2. The topological polar surface area (TPSA) is 109 Å². The van der Waals surface area contributed by atoms with Gasteiger partial charge in [0, 0.05) is 37.0 Å². The normalized spacial score (nSPS) is 9.85. The van der Waals surface area contributed by atoms with Gasteiger partial charge in [-0.25, -0.2) is 4.79 Å². The summed E-state index contributed by atoms with van der Waals surface area (Å²) in [5, 5.41) is 10.7. The molecule has 2 rings (SSSR count). The van der Waals surface area contributed by atoms with Gasteiger partial charge in [0.15, 0.2) is 0 Å². The maximum atomic E-state index is 11.9. The minimum Gasteiger partial charge on any atom is -0.497 e. The Morgan fingerprint density at radius 3 is 1.89 bits per heavy atom. The molecule has 0 heterocycles. The number of hydrogen-bond donors (Lipinski definition) is 4. The van der Waals surface area contributed by atoms with E-state index in [2.05, 4.69) is 21.3 Å². The highest BCUT2D eigenvalue weighted by Crippen LogP contribution is 2.15. The number of urea groups is 1. The molecule has 2 aromatic carbocycles. The smallest absolute Gasteiger partial charge is 0.319 e. The van der Waals surface area contributed by atoms with E-state index in [-0.39, 0.29) is 24.8 Å². The third-order valence-corrected chi connectivity index (χ3v) is 3.47. The van der Waals surface area contributed by atoms with Gasteiger partial charge in [-0.05, 0) is 48.5 Å². The summed E-state index contributed by atoms with van der Waals surface area (Å²) in [4.78, 5) is 34.7. The molecule has 8 nitrogen and oxygen atoms in total. The fourth-order valence-electron chi connectivity index (χ4n) is 2.20. The van der Waals surface area contributed by atoms with E-state index in [1.54, 1.807) is 55.6 Å². The van der Waals surface area contributed by atoms with Crippen LogP contribution in [-0.4, -0.2) is 31.5 Å². The molecule has 0 aliphatic carbocycles. The summed E-state index contributed by atoms with van der Waals surface area (Å²) in [7, 11) is 1.57. The van der Waals surface area contributed by atoms with Gasteiger partial charge in [0.05, 0.1) is 7.11 Å². The number of nitrogens with one attached hydrogen (secondary N) is 4. The van der Waals surface area contributed by atoms with Gasteiger partial charge in [0.1, 0.15) is 5.75 Å². The van der Waals surface area contributed by atoms with Crippen molar-refractivity contribution < 1.29 is 19.1 Å². The molecule has 0 unspecified atom stereocenters. The van der Waals surface area contributed by atoms with Crippen LogP contribution in [0.3, 0.4) is 0 Å². The zero-order valence-corrected chi connectivity index (χ0v) is 15.2. The zero-order chi connectivity index (χ0) is 19.6. The highest BCUT2D eigenvalue weighted by molar-refractivity contribution is 5.93. The van der Waals surface area contributed by atoms with Gasteiger partial charge >= 0.3 is 6.03 Å². The SMILES string of the molecule is COc1ccc(NC(=O)NCCC(=O)Nc2ccc(NC(C)=O)cc2)cc1. The molecular weight excluding hydrogens is 348 g/mol. The highest BCUT2D eigenvalue weighted by atomic mass is 16.5. The molecule has 0 aliphatic heterocycles. The number of hydrogen-bond acceptors (Lipinski definition) is 4. The number of amides is 4. The first kappa shape index (κ1) is 19.8. The molecule has 27 heavy (non-hydrogen) atoms. The second kappa shape index (κ2) is 9.81. The maximum absolute atomic E-state index is 11.9. The van der Waals surface area contributed by atoms with Crippen molar-refractivity contribution in [3.63, 3.8) is 0 Å². The van der Waals surface area contributed by atoms with Crippen LogP contribution < -0.4 is 26.0 Å². The Hall–Kier alpha value is -3.55. The molecule has 142 valence electrons. The Morgan fingerprint density at radius 2 is 1.33 bits per heavy atom. The van der Waals surface area contributed by atoms with Crippen LogP contribution in [0.15, 0.2) is 48.5 Å². The van der Waals surface area contributed by atoms with E-state index in [4.69, 9.17) is 4.74 Å².